The molecule has 1 aliphatic rings. The van der Waals surface area contributed by atoms with E-state index in [1.807, 2.05) is 0 Å². The van der Waals surface area contributed by atoms with Crippen molar-refractivity contribution in [1.82, 2.24) is 9.29 Å². The van der Waals surface area contributed by atoms with Gasteiger partial charge < -0.3 is 10.5 Å². The Labute approximate surface area is 124 Å². The molecule has 2 heterocycles. The number of carbonyl (C=O) groups excluding carboxylic acids is 1. The fourth-order valence-electron chi connectivity index (χ4n) is 2.52. The number of methoxy groups -OCH3 is 1. The lowest BCUT2D eigenvalue weighted by Crippen LogP contribution is -2.45. The van der Waals surface area contributed by atoms with Gasteiger partial charge in [0.1, 0.15) is 10.7 Å². The van der Waals surface area contributed by atoms with Gasteiger partial charge in [0.25, 0.3) is 0 Å². The second kappa shape index (κ2) is 6.40. The van der Waals surface area contributed by atoms with Gasteiger partial charge in [0, 0.05) is 18.8 Å². The number of hydrogen-bond acceptors (Lipinski definition) is 6. The quantitative estimate of drug-likeness (QED) is 0.824. The normalized spacial score (nSPS) is 20.1. The summed E-state index contributed by atoms with van der Waals surface area (Å²) in [6.07, 6.45) is 3.77. The minimum atomic E-state index is -3.76. The lowest BCUT2D eigenvalue weighted by molar-refractivity contribution is -0.141. The first-order valence-electron chi connectivity index (χ1n) is 6.76. The molecular formula is C13H19N3O4S. The van der Waals surface area contributed by atoms with Crippen LogP contribution < -0.4 is 5.73 Å². The number of carbonyl (C=O) groups is 1. The Kier molecular flexibility index (Phi) is 4.79. The first-order valence-corrected chi connectivity index (χ1v) is 8.20. The van der Waals surface area contributed by atoms with Crippen molar-refractivity contribution in [3.8, 4) is 0 Å². The molecule has 0 amide bonds. The Morgan fingerprint density at radius 3 is 2.95 bits per heavy atom. The molecule has 21 heavy (non-hydrogen) atoms. The molecule has 0 aromatic carbocycles. The summed E-state index contributed by atoms with van der Waals surface area (Å²) < 4.78 is 31.5. The summed E-state index contributed by atoms with van der Waals surface area (Å²) in [5.74, 6) is -0.443. The number of rotatable bonds is 4. The molecule has 0 radical (unpaired) electrons. The van der Waals surface area contributed by atoms with E-state index in [0.717, 1.165) is 12.8 Å². The SMILES string of the molecule is COC(=O)CC1CCCCN1S(=O)(=O)c1cccnc1N. The maximum absolute atomic E-state index is 12.7. The van der Waals surface area contributed by atoms with Crippen LogP contribution in [0.1, 0.15) is 25.7 Å². The van der Waals surface area contributed by atoms with Gasteiger partial charge in [-0.2, -0.15) is 4.31 Å². The predicted molar refractivity (Wildman–Crippen MR) is 76.8 cm³/mol. The van der Waals surface area contributed by atoms with E-state index in [0.29, 0.717) is 13.0 Å². The number of piperidine rings is 1. The third-order valence-corrected chi connectivity index (χ3v) is 5.59. The van der Waals surface area contributed by atoms with Crippen LogP contribution in [0.15, 0.2) is 23.2 Å². The molecule has 1 unspecified atom stereocenters. The fraction of sp³-hybridized carbons (Fsp3) is 0.538. The molecule has 1 saturated heterocycles. The summed E-state index contributed by atoms with van der Waals surface area (Å²) in [5.41, 5.74) is 5.68. The third kappa shape index (κ3) is 3.33. The minimum Gasteiger partial charge on any atom is -0.469 e. The number of aromatic nitrogens is 1. The lowest BCUT2D eigenvalue weighted by atomic mass is 10.0. The van der Waals surface area contributed by atoms with E-state index < -0.39 is 22.0 Å². The van der Waals surface area contributed by atoms with Crippen molar-refractivity contribution < 1.29 is 17.9 Å². The second-order valence-electron chi connectivity index (χ2n) is 4.93. The molecule has 0 spiro atoms. The van der Waals surface area contributed by atoms with Crippen molar-refractivity contribution in [2.75, 3.05) is 19.4 Å². The van der Waals surface area contributed by atoms with Crippen molar-refractivity contribution in [3.05, 3.63) is 18.3 Å². The summed E-state index contributed by atoms with van der Waals surface area (Å²) in [6, 6.07) is 2.57. The molecule has 1 aromatic rings. The van der Waals surface area contributed by atoms with Gasteiger partial charge in [-0.05, 0) is 25.0 Å². The number of nitrogen functional groups attached to an aromatic ring is 1. The van der Waals surface area contributed by atoms with Gasteiger partial charge in [0.05, 0.1) is 13.5 Å². The maximum Gasteiger partial charge on any atom is 0.307 e. The zero-order chi connectivity index (χ0) is 15.5. The fourth-order valence-corrected chi connectivity index (χ4v) is 4.28. The van der Waals surface area contributed by atoms with Crippen molar-refractivity contribution in [2.24, 2.45) is 0 Å². The molecule has 1 aromatic heterocycles. The minimum absolute atomic E-state index is 0.0123. The molecule has 0 saturated carbocycles. The van der Waals surface area contributed by atoms with Crippen LogP contribution in [0.5, 0.6) is 0 Å². The molecule has 2 rings (SSSR count). The monoisotopic (exact) mass is 313 g/mol. The van der Waals surface area contributed by atoms with Crippen LogP contribution in [0.25, 0.3) is 0 Å². The Balaban J connectivity index is 2.32. The van der Waals surface area contributed by atoms with E-state index in [4.69, 9.17) is 5.73 Å². The summed E-state index contributed by atoms with van der Waals surface area (Å²) in [6.45, 7) is 0.373. The molecule has 1 fully saturated rings. The number of anilines is 1. The number of esters is 1. The van der Waals surface area contributed by atoms with Crippen LogP contribution >= 0.6 is 0 Å². The number of sulfonamides is 1. The highest BCUT2D eigenvalue weighted by Gasteiger charge is 2.36. The zero-order valence-corrected chi connectivity index (χ0v) is 12.7. The van der Waals surface area contributed by atoms with Crippen LogP contribution in [0, 0.1) is 0 Å². The van der Waals surface area contributed by atoms with Crippen molar-refractivity contribution in [1.29, 1.82) is 0 Å². The van der Waals surface area contributed by atoms with Crippen molar-refractivity contribution in [2.45, 2.75) is 36.6 Å². The van der Waals surface area contributed by atoms with E-state index in [-0.39, 0.29) is 17.1 Å². The number of ether oxygens (including phenoxy) is 1. The lowest BCUT2D eigenvalue weighted by Gasteiger charge is -2.34. The highest BCUT2D eigenvalue weighted by atomic mass is 32.2. The number of pyridine rings is 1. The van der Waals surface area contributed by atoms with Gasteiger partial charge in [-0.25, -0.2) is 13.4 Å². The first kappa shape index (κ1) is 15.7. The molecule has 7 nitrogen and oxygen atoms in total. The molecule has 8 heteroatoms. The van der Waals surface area contributed by atoms with Crippen molar-refractivity contribution in [3.63, 3.8) is 0 Å². The third-order valence-electron chi connectivity index (χ3n) is 3.59. The summed E-state index contributed by atoms with van der Waals surface area (Å²) in [4.78, 5) is 15.3. The second-order valence-corrected chi connectivity index (χ2v) is 6.79. The van der Waals surface area contributed by atoms with Crippen LogP contribution in [-0.4, -0.2) is 43.4 Å². The number of hydrogen-bond donors (Lipinski definition) is 1. The first-order chi connectivity index (χ1) is 9.96. The smallest absolute Gasteiger partial charge is 0.307 e. The molecule has 1 aliphatic heterocycles. The molecule has 1 atom stereocenters. The molecule has 116 valence electrons. The van der Waals surface area contributed by atoms with E-state index in [1.54, 1.807) is 0 Å². The van der Waals surface area contributed by atoms with E-state index in [2.05, 4.69) is 9.72 Å². The molecular weight excluding hydrogens is 294 g/mol. The van der Waals surface area contributed by atoms with E-state index in [1.165, 1.54) is 29.7 Å². The Bertz CT molecular complexity index is 618. The van der Waals surface area contributed by atoms with E-state index >= 15 is 0 Å². The van der Waals surface area contributed by atoms with Gasteiger partial charge in [-0.1, -0.05) is 6.42 Å². The van der Waals surface area contributed by atoms with Gasteiger partial charge in [0.2, 0.25) is 10.0 Å². The number of nitrogens with zero attached hydrogens (tertiary/aromatic N) is 2. The van der Waals surface area contributed by atoms with Gasteiger partial charge >= 0.3 is 5.97 Å². The highest BCUT2D eigenvalue weighted by molar-refractivity contribution is 7.89. The van der Waals surface area contributed by atoms with Crippen LogP contribution in [-0.2, 0) is 19.6 Å². The highest BCUT2D eigenvalue weighted by Crippen LogP contribution is 2.28. The Morgan fingerprint density at radius 2 is 2.29 bits per heavy atom. The maximum atomic E-state index is 12.7. The Morgan fingerprint density at radius 1 is 1.52 bits per heavy atom. The van der Waals surface area contributed by atoms with Crippen LogP contribution in [0.2, 0.25) is 0 Å². The summed E-state index contributed by atoms with van der Waals surface area (Å²) >= 11 is 0. The molecule has 0 bridgehead atoms. The molecule has 2 N–H and O–H groups in total. The van der Waals surface area contributed by atoms with Gasteiger partial charge in [-0.3, -0.25) is 4.79 Å². The topological polar surface area (TPSA) is 103 Å². The van der Waals surface area contributed by atoms with Crippen LogP contribution in [0.4, 0.5) is 5.82 Å². The zero-order valence-electron chi connectivity index (χ0n) is 11.9. The summed E-state index contributed by atoms with van der Waals surface area (Å²) in [5, 5.41) is 0. The standard InChI is InChI=1S/C13H19N3O4S/c1-20-12(17)9-10-5-2-3-8-16(10)21(18,19)11-6-4-7-15-13(11)14/h4,6-7,10H,2-3,5,8-9H2,1H3,(H2,14,15). The van der Waals surface area contributed by atoms with Crippen LogP contribution in [0.3, 0.4) is 0 Å². The van der Waals surface area contributed by atoms with Gasteiger partial charge in [0.15, 0.2) is 0 Å². The molecule has 0 aliphatic carbocycles. The van der Waals surface area contributed by atoms with Gasteiger partial charge in [-0.15, -0.1) is 0 Å². The average Bonchev–Trinajstić information content (AvgIpc) is 2.47. The van der Waals surface area contributed by atoms with Crippen molar-refractivity contribution >= 4 is 21.8 Å². The summed E-state index contributed by atoms with van der Waals surface area (Å²) in [7, 11) is -2.46. The van der Waals surface area contributed by atoms with E-state index in [9.17, 15) is 13.2 Å². The largest absolute Gasteiger partial charge is 0.469 e. The average molecular weight is 313 g/mol. The Hall–Kier alpha value is -1.67. The number of nitrogens with two attached hydrogens (primary N) is 1. The predicted octanol–water partition coefficient (Wildman–Crippen LogP) is 0.770.